The average molecular weight is 184 g/mol. The fraction of sp³-hybridized carbons (Fsp3) is 0.800. The number of hydrogen-bond donors (Lipinski definition) is 0. The smallest absolute Gasteiger partial charge is 0.0819 e. The molecular formula is C10H20N2O. The molecule has 76 valence electrons. The summed E-state index contributed by atoms with van der Waals surface area (Å²) in [5, 5.41) is 0. The molecule has 13 heavy (non-hydrogen) atoms. The first-order chi connectivity index (χ1) is 6.41. The van der Waals surface area contributed by atoms with Gasteiger partial charge in [0.1, 0.15) is 0 Å². The van der Waals surface area contributed by atoms with Crippen LogP contribution in [-0.2, 0) is 4.74 Å². The Labute approximate surface area is 80.9 Å². The van der Waals surface area contributed by atoms with Crippen molar-refractivity contribution in [3.05, 3.63) is 0 Å². The maximum atomic E-state index is 5.23. The summed E-state index contributed by atoms with van der Waals surface area (Å²) in [6, 6.07) is 0. The van der Waals surface area contributed by atoms with Crippen molar-refractivity contribution in [2.75, 3.05) is 26.3 Å². The molecular weight excluding hydrogens is 164 g/mol. The molecule has 0 radical (unpaired) electrons. The lowest BCUT2D eigenvalue weighted by Crippen LogP contribution is -1.99. The molecule has 0 aromatic carbocycles. The first kappa shape index (κ1) is 12.3. The number of rotatable bonds is 8. The van der Waals surface area contributed by atoms with Crippen molar-refractivity contribution < 1.29 is 4.74 Å². The van der Waals surface area contributed by atoms with Crippen LogP contribution in [-0.4, -0.2) is 38.7 Å². The van der Waals surface area contributed by atoms with Crippen LogP contribution in [0.25, 0.3) is 0 Å². The Balaban J connectivity index is 3.07. The van der Waals surface area contributed by atoms with E-state index < -0.39 is 0 Å². The molecule has 0 saturated carbocycles. The molecule has 0 fully saturated rings. The maximum absolute atomic E-state index is 5.23. The molecule has 0 aliphatic heterocycles. The van der Waals surface area contributed by atoms with Crippen molar-refractivity contribution in [3.63, 3.8) is 0 Å². The van der Waals surface area contributed by atoms with E-state index in [-0.39, 0.29) is 0 Å². The van der Waals surface area contributed by atoms with Crippen LogP contribution in [0.15, 0.2) is 9.98 Å². The molecule has 3 heteroatoms. The highest BCUT2D eigenvalue weighted by Crippen LogP contribution is 1.77. The Bertz CT molecular complexity index is 128. The van der Waals surface area contributed by atoms with Gasteiger partial charge in [0.2, 0.25) is 0 Å². The van der Waals surface area contributed by atoms with Crippen LogP contribution < -0.4 is 0 Å². The first-order valence-electron chi connectivity index (χ1n) is 4.96. The van der Waals surface area contributed by atoms with Gasteiger partial charge in [0.25, 0.3) is 0 Å². The number of hydrogen-bond acceptors (Lipinski definition) is 3. The van der Waals surface area contributed by atoms with Gasteiger partial charge in [-0.15, -0.1) is 0 Å². The summed E-state index contributed by atoms with van der Waals surface area (Å²) in [4.78, 5) is 8.26. The van der Waals surface area contributed by atoms with Gasteiger partial charge in [-0.3, -0.25) is 9.98 Å². The third-order valence-electron chi connectivity index (χ3n) is 1.35. The van der Waals surface area contributed by atoms with Crippen LogP contribution in [0, 0.1) is 0 Å². The lowest BCUT2D eigenvalue weighted by atomic mass is 10.5. The van der Waals surface area contributed by atoms with E-state index >= 15 is 0 Å². The Kier molecular flexibility index (Phi) is 10.7. The predicted octanol–water partition coefficient (Wildman–Crippen LogP) is 1.96. The molecule has 0 aliphatic carbocycles. The molecule has 0 heterocycles. The van der Waals surface area contributed by atoms with E-state index in [0.717, 1.165) is 25.9 Å². The normalized spacial score (nSPS) is 11.8. The van der Waals surface area contributed by atoms with E-state index in [0.29, 0.717) is 13.2 Å². The lowest BCUT2D eigenvalue weighted by Gasteiger charge is -1.93. The van der Waals surface area contributed by atoms with Gasteiger partial charge >= 0.3 is 0 Å². The van der Waals surface area contributed by atoms with Gasteiger partial charge in [0, 0.05) is 25.5 Å². The second kappa shape index (κ2) is 11.3. The van der Waals surface area contributed by atoms with Crippen molar-refractivity contribution >= 4 is 12.4 Å². The Morgan fingerprint density at radius 2 is 1.38 bits per heavy atom. The quantitative estimate of drug-likeness (QED) is 0.419. The zero-order valence-electron chi connectivity index (χ0n) is 8.70. The molecule has 0 aliphatic rings. The summed E-state index contributed by atoms with van der Waals surface area (Å²) in [6.07, 6.45) is 5.82. The average Bonchev–Trinajstić information content (AvgIpc) is 2.16. The highest BCUT2D eigenvalue weighted by Gasteiger charge is 1.79. The topological polar surface area (TPSA) is 34.0 Å². The van der Waals surface area contributed by atoms with Crippen LogP contribution in [0.2, 0.25) is 0 Å². The van der Waals surface area contributed by atoms with Gasteiger partial charge in [-0.25, -0.2) is 0 Å². The molecule has 0 unspecified atom stereocenters. The Morgan fingerprint density at radius 3 is 1.77 bits per heavy atom. The standard InChI is InChI=1S/C10H20N2O/c1-3-5-11-7-9-13-10-8-12-6-4-2/h7-8H,3-6,9-10H2,1-2H3. The highest BCUT2D eigenvalue weighted by molar-refractivity contribution is 5.61. The third kappa shape index (κ3) is 11.3. The molecule has 0 spiro atoms. The van der Waals surface area contributed by atoms with Gasteiger partial charge in [0.05, 0.1) is 13.2 Å². The van der Waals surface area contributed by atoms with Gasteiger partial charge < -0.3 is 4.74 Å². The van der Waals surface area contributed by atoms with Gasteiger partial charge in [-0.1, -0.05) is 13.8 Å². The van der Waals surface area contributed by atoms with Crippen LogP contribution in [0.3, 0.4) is 0 Å². The molecule has 0 aromatic heterocycles. The van der Waals surface area contributed by atoms with E-state index in [2.05, 4.69) is 23.8 Å². The number of aliphatic imine (C=N–C) groups is 2. The second-order valence-electron chi connectivity index (χ2n) is 2.71. The minimum atomic E-state index is 0.595. The SMILES string of the molecule is CCCN=CCOCC=NCCC. The summed E-state index contributed by atoms with van der Waals surface area (Å²) < 4.78 is 5.23. The molecule has 3 nitrogen and oxygen atoms in total. The number of nitrogens with zero attached hydrogens (tertiary/aromatic N) is 2. The summed E-state index contributed by atoms with van der Waals surface area (Å²) in [6.45, 7) is 7.20. The molecule has 0 aromatic rings. The van der Waals surface area contributed by atoms with E-state index in [4.69, 9.17) is 4.74 Å². The molecule has 0 amide bonds. The van der Waals surface area contributed by atoms with Crippen LogP contribution >= 0.6 is 0 Å². The maximum Gasteiger partial charge on any atom is 0.0819 e. The zero-order chi connectivity index (χ0) is 9.78. The predicted molar refractivity (Wildman–Crippen MR) is 58.1 cm³/mol. The molecule has 0 atom stereocenters. The number of ether oxygens (including phenoxy) is 1. The minimum Gasteiger partial charge on any atom is -0.370 e. The zero-order valence-corrected chi connectivity index (χ0v) is 8.70. The van der Waals surface area contributed by atoms with Crippen LogP contribution in [0.4, 0.5) is 0 Å². The minimum absolute atomic E-state index is 0.595. The van der Waals surface area contributed by atoms with Crippen molar-refractivity contribution in [2.24, 2.45) is 9.98 Å². The van der Waals surface area contributed by atoms with Crippen molar-refractivity contribution in [1.82, 2.24) is 0 Å². The summed E-state index contributed by atoms with van der Waals surface area (Å²) in [5.41, 5.74) is 0. The highest BCUT2D eigenvalue weighted by atomic mass is 16.5. The van der Waals surface area contributed by atoms with Crippen molar-refractivity contribution in [2.45, 2.75) is 26.7 Å². The largest absolute Gasteiger partial charge is 0.370 e. The van der Waals surface area contributed by atoms with E-state index in [1.54, 1.807) is 0 Å². The fourth-order valence-electron chi connectivity index (χ4n) is 0.720. The molecule has 0 N–H and O–H groups in total. The third-order valence-corrected chi connectivity index (χ3v) is 1.35. The van der Waals surface area contributed by atoms with Crippen molar-refractivity contribution in [1.29, 1.82) is 0 Å². The molecule has 0 rings (SSSR count). The lowest BCUT2D eigenvalue weighted by molar-refractivity contribution is 0.220. The van der Waals surface area contributed by atoms with E-state index in [1.165, 1.54) is 0 Å². The van der Waals surface area contributed by atoms with Gasteiger partial charge in [0.15, 0.2) is 0 Å². The van der Waals surface area contributed by atoms with Crippen LogP contribution in [0.5, 0.6) is 0 Å². The van der Waals surface area contributed by atoms with Gasteiger partial charge in [-0.05, 0) is 12.8 Å². The molecule has 0 bridgehead atoms. The molecule has 0 saturated heterocycles. The first-order valence-corrected chi connectivity index (χ1v) is 4.96. The Morgan fingerprint density at radius 1 is 0.923 bits per heavy atom. The van der Waals surface area contributed by atoms with Crippen LogP contribution in [0.1, 0.15) is 26.7 Å². The van der Waals surface area contributed by atoms with Gasteiger partial charge in [-0.2, -0.15) is 0 Å². The van der Waals surface area contributed by atoms with E-state index in [1.807, 2.05) is 12.4 Å². The summed E-state index contributed by atoms with van der Waals surface area (Å²) >= 11 is 0. The van der Waals surface area contributed by atoms with E-state index in [9.17, 15) is 0 Å². The summed E-state index contributed by atoms with van der Waals surface area (Å²) in [5.74, 6) is 0. The van der Waals surface area contributed by atoms with Crippen molar-refractivity contribution in [3.8, 4) is 0 Å². The summed E-state index contributed by atoms with van der Waals surface area (Å²) in [7, 11) is 0. The Hall–Kier alpha value is -0.700. The fourth-order valence-corrected chi connectivity index (χ4v) is 0.720. The monoisotopic (exact) mass is 184 g/mol. The second-order valence-corrected chi connectivity index (χ2v) is 2.71.